The van der Waals surface area contributed by atoms with Crippen LogP contribution < -0.4 is 19.3 Å². The summed E-state index contributed by atoms with van der Waals surface area (Å²) in [5.41, 5.74) is 1.34. The van der Waals surface area contributed by atoms with Crippen molar-refractivity contribution < 1.29 is 19.3 Å². The van der Waals surface area contributed by atoms with Gasteiger partial charge in [-0.25, -0.2) is 0 Å². The van der Waals surface area contributed by atoms with E-state index in [0.29, 0.717) is 6.61 Å². The van der Waals surface area contributed by atoms with Crippen LogP contribution in [-0.4, -0.2) is 45.9 Å². The molecule has 0 unspecified atom stereocenters. The minimum absolute atomic E-state index is 0.670. The summed E-state index contributed by atoms with van der Waals surface area (Å²) >= 11 is 0. The van der Waals surface area contributed by atoms with Gasteiger partial charge in [0.25, 0.3) is 0 Å². The lowest BCUT2D eigenvalue weighted by Gasteiger charge is -2.32. The quantitative estimate of drug-likeness (QED) is 0.759. The van der Waals surface area contributed by atoms with Crippen LogP contribution in [0.4, 0.5) is 0 Å². The fraction of sp³-hybridized carbons (Fsp3) is 0.647. The lowest BCUT2D eigenvalue weighted by atomic mass is 10.1. The molecule has 1 heterocycles. The first-order valence-corrected chi connectivity index (χ1v) is 8.12. The van der Waals surface area contributed by atoms with Crippen molar-refractivity contribution in [2.75, 3.05) is 39.9 Å². The van der Waals surface area contributed by atoms with Gasteiger partial charge in [0, 0.05) is 5.56 Å². The highest BCUT2D eigenvalue weighted by Gasteiger charge is 2.24. The third kappa shape index (κ3) is 4.35. The second-order valence-corrected chi connectivity index (χ2v) is 6.16. The first-order valence-electron chi connectivity index (χ1n) is 8.12. The average molecular weight is 294 g/mol. The monoisotopic (exact) mass is 294 g/mol. The zero-order chi connectivity index (χ0) is 15.2. The molecule has 0 aliphatic carbocycles. The fourth-order valence-corrected chi connectivity index (χ4v) is 3.07. The maximum atomic E-state index is 5.67. The molecule has 1 aromatic rings. The minimum Gasteiger partial charge on any atom is -0.493 e. The summed E-state index contributed by atoms with van der Waals surface area (Å²) in [6, 6.07) is 7.07. The summed E-state index contributed by atoms with van der Waals surface area (Å²) in [6.07, 6.45) is 0. The van der Waals surface area contributed by atoms with E-state index in [0.717, 1.165) is 24.1 Å². The molecule has 0 amide bonds. The molecule has 0 radical (unpaired) electrons. The Morgan fingerprint density at radius 2 is 1.81 bits per heavy atom. The van der Waals surface area contributed by atoms with E-state index >= 15 is 0 Å². The highest BCUT2D eigenvalue weighted by molar-refractivity contribution is 5.42. The Morgan fingerprint density at radius 3 is 2.38 bits per heavy atom. The molecule has 1 fully saturated rings. The van der Waals surface area contributed by atoms with E-state index in [1.165, 1.54) is 31.7 Å². The van der Waals surface area contributed by atoms with Crippen molar-refractivity contribution in [3.8, 4) is 11.5 Å². The first kappa shape index (κ1) is 16.1. The van der Waals surface area contributed by atoms with Crippen LogP contribution in [0.3, 0.4) is 0 Å². The van der Waals surface area contributed by atoms with Gasteiger partial charge in [-0.1, -0.05) is 0 Å². The summed E-state index contributed by atoms with van der Waals surface area (Å²) in [7, 11) is 1.69. The molecule has 1 aliphatic rings. The molecule has 4 heteroatoms. The molecule has 118 valence electrons. The molecular formula is C17H30N2O2+2. The number of ether oxygens (including phenoxy) is 2. The highest BCUT2D eigenvalue weighted by Crippen LogP contribution is 2.27. The van der Waals surface area contributed by atoms with E-state index in [1.54, 1.807) is 16.9 Å². The van der Waals surface area contributed by atoms with E-state index < -0.39 is 0 Å². The number of hydrogen-bond donors (Lipinski definition) is 2. The zero-order valence-corrected chi connectivity index (χ0v) is 13.9. The van der Waals surface area contributed by atoms with Crippen LogP contribution >= 0.6 is 0 Å². The number of hydrogen-bond acceptors (Lipinski definition) is 2. The summed E-state index contributed by atoms with van der Waals surface area (Å²) in [5, 5.41) is 0. The number of methoxy groups -OCH3 is 1. The standard InChI is InChI=1S/C17H28N2O2/c1-5-21-17-12-15(6-7-16(17)20-4)13-18-8-10-19(11-9-18)14(2)3/h6-7,12,14H,5,8-11,13H2,1-4H3/p+2. The van der Waals surface area contributed by atoms with Crippen LogP contribution in [0.5, 0.6) is 11.5 Å². The largest absolute Gasteiger partial charge is 0.493 e. The lowest BCUT2D eigenvalue weighted by molar-refractivity contribution is -1.03. The molecule has 0 bridgehead atoms. The third-order valence-corrected chi connectivity index (χ3v) is 4.40. The molecule has 1 aliphatic heterocycles. The van der Waals surface area contributed by atoms with Crippen molar-refractivity contribution in [2.24, 2.45) is 0 Å². The molecule has 4 nitrogen and oxygen atoms in total. The van der Waals surface area contributed by atoms with Crippen molar-refractivity contribution >= 4 is 0 Å². The molecule has 1 saturated heterocycles. The first-order chi connectivity index (χ1) is 10.1. The van der Waals surface area contributed by atoms with Gasteiger partial charge >= 0.3 is 0 Å². The van der Waals surface area contributed by atoms with Crippen molar-refractivity contribution in [1.29, 1.82) is 0 Å². The fourth-order valence-electron chi connectivity index (χ4n) is 3.07. The van der Waals surface area contributed by atoms with Gasteiger partial charge in [0.05, 0.1) is 19.8 Å². The maximum absolute atomic E-state index is 5.67. The van der Waals surface area contributed by atoms with Crippen LogP contribution in [-0.2, 0) is 6.54 Å². The van der Waals surface area contributed by atoms with Gasteiger partial charge in [-0.15, -0.1) is 0 Å². The number of quaternary nitrogens is 2. The van der Waals surface area contributed by atoms with Gasteiger partial charge in [0.15, 0.2) is 11.5 Å². The SMILES string of the molecule is CCOc1cc(C[NH+]2CC[NH+](C(C)C)CC2)ccc1OC. The van der Waals surface area contributed by atoms with Gasteiger partial charge in [0.1, 0.15) is 32.7 Å². The second-order valence-electron chi connectivity index (χ2n) is 6.16. The number of rotatable bonds is 6. The summed E-state index contributed by atoms with van der Waals surface area (Å²) in [6.45, 7) is 13.5. The molecule has 0 atom stereocenters. The van der Waals surface area contributed by atoms with E-state index in [4.69, 9.17) is 9.47 Å². The maximum Gasteiger partial charge on any atom is 0.161 e. The van der Waals surface area contributed by atoms with Crippen LogP contribution in [0.1, 0.15) is 26.3 Å². The molecule has 0 aromatic heterocycles. The minimum atomic E-state index is 0.670. The van der Waals surface area contributed by atoms with Crippen LogP contribution in [0.25, 0.3) is 0 Å². The molecule has 0 spiro atoms. The Hall–Kier alpha value is -1.26. The second kappa shape index (κ2) is 7.66. The molecule has 0 saturated carbocycles. The van der Waals surface area contributed by atoms with Gasteiger partial charge in [-0.3, -0.25) is 0 Å². The van der Waals surface area contributed by atoms with E-state index in [2.05, 4.69) is 26.0 Å². The number of benzene rings is 1. The Bertz CT molecular complexity index is 440. The summed E-state index contributed by atoms with van der Waals surface area (Å²) in [5.74, 6) is 1.69. The molecule has 1 aromatic carbocycles. The molecule has 2 N–H and O–H groups in total. The zero-order valence-electron chi connectivity index (χ0n) is 13.9. The van der Waals surface area contributed by atoms with Gasteiger partial charge in [0.2, 0.25) is 0 Å². The normalized spacial score (nSPS) is 22.3. The Kier molecular flexibility index (Phi) is 5.88. The average Bonchev–Trinajstić information content (AvgIpc) is 2.48. The third-order valence-electron chi connectivity index (χ3n) is 4.40. The van der Waals surface area contributed by atoms with Crippen molar-refractivity contribution in [3.05, 3.63) is 23.8 Å². The van der Waals surface area contributed by atoms with Crippen molar-refractivity contribution in [3.63, 3.8) is 0 Å². The smallest absolute Gasteiger partial charge is 0.161 e. The summed E-state index contributed by atoms with van der Waals surface area (Å²) in [4.78, 5) is 3.41. The van der Waals surface area contributed by atoms with Gasteiger partial charge in [-0.2, -0.15) is 0 Å². The molecule has 2 rings (SSSR count). The van der Waals surface area contributed by atoms with Crippen LogP contribution in [0.15, 0.2) is 18.2 Å². The van der Waals surface area contributed by atoms with E-state index in [9.17, 15) is 0 Å². The van der Waals surface area contributed by atoms with Crippen molar-refractivity contribution in [2.45, 2.75) is 33.4 Å². The predicted octanol–water partition coefficient (Wildman–Crippen LogP) is -0.214. The molecule has 21 heavy (non-hydrogen) atoms. The van der Waals surface area contributed by atoms with Crippen molar-refractivity contribution in [1.82, 2.24) is 0 Å². The Labute approximate surface area is 128 Å². The lowest BCUT2D eigenvalue weighted by Crippen LogP contribution is -3.28. The summed E-state index contributed by atoms with van der Waals surface area (Å²) < 4.78 is 11.0. The van der Waals surface area contributed by atoms with E-state index in [1.807, 2.05) is 13.0 Å². The predicted molar refractivity (Wildman–Crippen MR) is 84.4 cm³/mol. The highest BCUT2D eigenvalue weighted by atomic mass is 16.5. The Morgan fingerprint density at radius 1 is 1.10 bits per heavy atom. The number of nitrogens with one attached hydrogen (secondary N) is 2. The number of piperazine rings is 1. The Balaban J connectivity index is 1.95. The topological polar surface area (TPSA) is 27.3 Å². The van der Waals surface area contributed by atoms with Crippen LogP contribution in [0, 0.1) is 0 Å². The van der Waals surface area contributed by atoms with Gasteiger partial charge < -0.3 is 19.3 Å². The van der Waals surface area contributed by atoms with Crippen LogP contribution in [0.2, 0.25) is 0 Å². The van der Waals surface area contributed by atoms with Gasteiger partial charge in [-0.05, 0) is 39.0 Å². The van der Waals surface area contributed by atoms with E-state index in [-0.39, 0.29) is 0 Å². The molecular weight excluding hydrogens is 264 g/mol.